The lowest BCUT2D eigenvalue weighted by molar-refractivity contribution is -0.138. The zero-order chi connectivity index (χ0) is 18.0. The first kappa shape index (κ1) is 16.7. The Bertz CT molecular complexity index is 781. The minimum absolute atomic E-state index is 0.0399. The maximum absolute atomic E-state index is 11.9. The molecule has 1 aliphatic carbocycles. The molecular formula is C19H18N2O4. The van der Waals surface area contributed by atoms with Gasteiger partial charge in [0.2, 0.25) is 11.8 Å². The zero-order valence-corrected chi connectivity index (χ0v) is 13.5. The van der Waals surface area contributed by atoms with Crippen LogP contribution in [0, 0.1) is 0 Å². The van der Waals surface area contributed by atoms with Crippen LogP contribution >= 0.6 is 0 Å². The lowest BCUT2D eigenvalue weighted by Gasteiger charge is -2.20. The van der Waals surface area contributed by atoms with Gasteiger partial charge in [-0.1, -0.05) is 48.5 Å². The quantitative estimate of drug-likeness (QED) is 0.822. The van der Waals surface area contributed by atoms with Crippen LogP contribution in [0.5, 0.6) is 0 Å². The molecule has 0 radical (unpaired) electrons. The van der Waals surface area contributed by atoms with Gasteiger partial charge in [0, 0.05) is 25.3 Å². The lowest BCUT2D eigenvalue weighted by atomic mass is 9.96. The first-order valence-corrected chi connectivity index (χ1v) is 7.99. The Balaban J connectivity index is 0.000000415. The van der Waals surface area contributed by atoms with Gasteiger partial charge in [-0.05, 0) is 22.3 Å². The fraction of sp³-hybridized carbons (Fsp3) is 0.211. The molecule has 1 saturated heterocycles. The molecule has 0 spiro atoms. The summed E-state index contributed by atoms with van der Waals surface area (Å²) in [5.41, 5.74) is 8.90. The van der Waals surface area contributed by atoms with Gasteiger partial charge in [-0.2, -0.15) is 0 Å². The van der Waals surface area contributed by atoms with E-state index in [0.717, 1.165) is 0 Å². The number of carboxylic acid groups (broad SMARTS) is 1. The maximum atomic E-state index is 11.9. The Hall–Kier alpha value is -3.15. The second-order valence-electron chi connectivity index (χ2n) is 5.96. The highest BCUT2D eigenvalue weighted by Gasteiger charge is 2.35. The smallest absolute Gasteiger partial charge is 0.402 e. The maximum Gasteiger partial charge on any atom is 0.402 e. The molecule has 0 bridgehead atoms. The van der Waals surface area contributed by atoms with Crippen LogP contribution in [0.4, 0.5) is 4.79 Å². The summed E-state index contributed by atoms with van der Waals surface area (Å²) in [6, 6.07) is 16.5. The second kappa shape index (κ2) is 6.76. The molecule has 2 aromatic rings. The number of likely N-dealkylation sites (tertiary alicyclic amines) is 1. The van der Waals surface area contributed by atoms with Crippen molar-refractivity contribution in [1.29, 1.82) is 0 Å². The minimum Gasteiger partial charge on any atom is -0.465 e. The van der Waals surface area contributed by atoms with Crippen LogP contribution in [0.3, 0.4) is 0 Å². The van der Waals surface area contributed by atoms with Crippen molar-refractivity contribution in [2.75, 3.05) is 6.54 Å². The third-order valence-electron chi connectivity index (χ3n) is 4.48. The molecule has 1 heterocycles. The van der Waals surface area contributed by atoms with Crippen molar-refractivity contribution < 1.29 is 19.5 Å². The van der Waals surface area contributed by atoms with E-state index in [1.54, 1.807) is 0 Å². The molecule has 3 N–H and O–H groups in total. The molecule has 0 aromatic heterocycles. The normalized spacial score (nSPS) is 15.4. The number of hydrogen-bond donors (Lipinski definition) is 2. The van der Waals surface area contributed by atoms with Gasteiger partial charge in [-0.25, -0.2) is 4.79 Å². The number of primary amides is 1. The van der Waals surface area contributed by atoms with Crippen LogP contribution in [-0.4, -0.2) is 34.5 Å². The molecular weight excluding hydrogens is 320 g/mol. The summed E-state index contributed by atoms with van der Waals surface area (Å²) in [5, 5.41) is 7.19. The highest BCUT2D eigenvalue weighted by atomic mass is 16.4. The SMILES string of the molecule is NC(=O)O.O=C1CCC(=O)N1CC1c2ccccc2-c2ccccc21. The summed E-state index contributed by atoms with van der Waals surface area (Å²) >= 11 is 0. The zero-order valence-electron chi connectivity index (χ0n) is 13.5. The van der Waals surface area contributed by atoms with Gasteiger partial charge < -0.3 is 10.8 Å². The molecule has 2 aromatic carbocycles. The molecule has 0 unspecified atom stereocenters. The largest absolute Gasteiger partial charge is 0.465 e. The van der Waals surface area contributed by atoms with Gasteiger partial charge in [-0.3, -0.25) is 14.5 Å². The van der Waals surface area contributed by atoms with E-state index >= 15 is 0 Å². The number of benzene rings is 2. The van der Waals surface area contributed by atoms with Crippen molar-refractivity contribution in [3.8, 4) is 11.1 Å². The second-order valence-corrected chi connectivity index (χ2v) is 5.96. The summed E-state index contributed by atoms with van der Waals surface area (Å²) in [5.74, 6) is 0.0205. The van der Waals surface area contributed by atoms with Gasteiger partial charge in [0.25, 0.3) is 0 Å². The van der Waals surface area contributed by atoms with Crippen LogP contribution in [0.15, 0.2) is 48.5 Å². The topological polar surface area (TPSA) is 101 Å². The Kier molecular flexibility index (Phi) is 4.52. The van der Waals surface area contributed by atoms with E-state index in [9.17, 15) is 9.59 Å². The van der Waals surface area contributed by atoms with Crippen LogP contribution in [-0.2, 0) is 9.59 Å². The minimum atomic E-state index is -1.33. The van der Waals surface area contributed by atoms with Crippen LogP contribution in [0.2, 0.25) is 0 Å². The molecule has 3 amide bonds. The van der Waals surface area contributed by atoms with Crippen molar-refractivity contribution in [1.82, 2.24) is 4.90 Å². The number of fused-ring (bicyclic) bond motifs is 3. The van der Waals surface area contributed by atoms with Crippen molar-refractivity contribution in [3.63, 3.8) is 0 Å². The van der Waals surface area contributed by atoms with Crippen molar-refractivity contribution in [2.24, 2.45) is 5.73 Å². The molecule has 6 nitrogen and oxygen atoms in total. The number of carbonyl (C=O) groups is 3. The van der Waals surface area contributed by atoms with E-state index in [1.165, 1.54) is 27.2 Å². The van der Waals surface area contributed by atoms with Crippen LogP contribution < -0.4 is 5.73 Å². The average molecular weight is 338 g/mol. The van der Waals surface area contributed by atoms with Gasteiger partial charge in [0.1, 0.15) is 0 Å². The number of nitrogens with zero attached hydrogens (tertiary/aromatic N) is 1. The molecule has 0 saturated carbocycles. The molecule has 128 valence electrons. The molecule has 25 heavy (non-hydrogen) atoms. The first-order valence-electron chi connectivity index (χ1n) is 7.99. The molecule has 6 heteroatoms. The number of amides is 3. The van der Waals surface area contributed by atoms with E-state index in [2.05, 4.69) is 30.0 Å². The summed E-state index contributed by atoms with van der Waals surface area (Å²) < 4.78 is 0. The summed E-state index contributed by atoms with van der Waals surface area (Å²) in [6.45, 7) is 0.464. The predicted octanol–water partition coefficient (Wildman–Crippen LogP) is 2.57. The van der Waals surface area contributed by atoms with Crippen molar-refractivity contribution in [2.45, 2.75) is 18.8 Å². The Morgan fingerprint density at radius 2 is 1.36 bits per heavy atom. The highest BCUT2D eigenvalue weighted by Crippen LogP contribution is 2.45. The molecule has 4 rings (SSSR count). The number of imide groups is 1. The highest BCUT2D eigenvalue weighted by molar-refractivity contribution is 6.02. The fourth-order valence-electron chi connectivity index (χ4n) is 3.47. The summed E-state index contributed by atoms with van der Waals surface area (Å²) in [4.78, 5) is 34.0. The lowest BCUT2D eigenvalue weighted by Crippen LogP contribution is -2.33. The van der Waals surface area contributed by atoms with E-state index in [-0.39, 0.29) is 17.7 Å². The summed E-state index contributed by atoms with van der Waals surface area (Å²) in [7, 11) is 0. The third-order valence-corrected chi connectivity index (χ3v) is 4.48. The summed E-state index contributed by atoms with van der Waals surface area (Å²) in [6.07, 6.45) is -0.621. The number of carbonyl (C=O) groups excluding carboxylic acids is 2. The Morgan fingerprint density at radius 1 is 0.960 bits per heavy atom. The predicted molar refractivity (Wildman–Crippen MR) is 91.9 cm³/mol. The van der Waals surface area contributed by atoms with Crippen LogP contribution in [0.1, 0.15) is 29.9 Å². The van der Waals surface area contributed by atoms with E-state index in [1.807, 2.05) is 24.3 Å². The average Bonchev–Trinajstić information content (AvgIpc) is 3.07. The standard InChI is InChI=1S/C18H15NO2.CH3NO2/c20-17-9-10-18(21)19(17)11-16-14-7-3-1-5-12(14)13-6-2-4-8-15(13)16;2-1(3)4/h1-8,16H,9-11H2;2H2,(H,3,4). The first-order chi connectivity index (χ1) is 12.0. The number of rotatable bonds is 2. The Labute approximate surface area is 144 Å². The molecule has 0 atom stereocenters. The monoisotopic (exact) mass is 338 g/mol. The van der Waals surface area contributed by atoms with Crippen molar-refractivity contribution in [3.05, 3.63) is 59.7 Å². The van der Waals surface area contributed by atoms with Gasteiger partial charge >= 0.3 is 6.09 Å². The van der Waals surface area contributed by atoms with E-state index in [0.29, 0.717) is 19.4 Å². The fourth-order valence-corrected chi connectivity index (χ4v) is 3.47. The van der Waals surface area contributed by atoms with Crippen molar-refractivity contribution >= 4 is 17.9 Å². The van der Waals surface area contributed by atoms with Crippen LogP contribution in [0.25, 0.3) is 11.1 Å². The molecule has 1 fully saturated rings. The molecule has 2 aliphatic rings. The van der Waals surface area contributed by atoms with E-state index in [4.69, 9.17) is 9.90 Å². The van der Waals surface area contributed by atoms with Gasteiger partial charge in [-0.15, -0.1) is 0 Å². The van der Waals surface area contributed by atoms with Gasteiger partial charge in [0.05, 0.1) is 0 Å². The Morgan fingerprint density at radius 3 is 1.80 bits per heavy atom. The van der Waals surface area contributed by atoms with E-state index < -0.39 is 6.09 Å². The number of hydrogen-bond acceptors (Lipinski definition) is 3. The number of nitrogens with two attached hydrogens (primary N) is 1. The molecule has 1 aliphatic heterocycles. The van der Waals surface area contributed by atoms with Gasteiger partial charge in [0.15, 0.2) is 0 Å². The third kappa shape index (κ3) is 3.24.